The van der Waals surface area contributed by atoms with Gasteiger partial charge in [-0.05, 0) is 56.0 Å². The van der Waals surface area contributed by atoms with Crippen molar-refractivity contribution in [2.75, 3.05) is 6.54 Å². The third kappa shape index (κ3) is 3.77. The Bertz CT molecular complexity index is 661. The average molecular weight is 314 g/mol. The molecule has 0 aliphatic carbocycles. The lowest BCUT2D eigenvalue weighted by atomic mass is 9.92. The van der Waals surface area contributed by atoms with Crippen molar-refractivity contribution in [1.29, 1.82) is 0 Å². The molecular formula is C19H23FN2O. The highest BCUT2D eigenvalue weighted by molar-refractivity contribution is 5.20. The van der Waals surface area contributed by atoms with E-state index in [-0.39, 0.29) is 11.9 Å². The molecule has 2 aromatic rings. The number of aliphatic hydroxyl groups excluding tert-OH is 1. The molecule has 0 spiro atoms. The SMILES string of the molecule is Cc1cccnc1CN1CCC[C@H](O)[C@@H]1Cc1ccccc1F. The molecule has 1 aliphatic heterocycles. The highest BCUT2D eigenvalue weighted by Gasteiger charge is 2.31. The van der Waals surface area contributed by atoms with Gasteiger partial charge in [-0.3, -0.25) is 9.88 Å². The molecule has 1 aromatic carbocycles. The predicted octanol–water partition coefficient (Wildman–Crippen LogP) is 3.10. The maximum atomic E-state index is 14.0. The van der Waals surface area contributed by atoms with E-state index in [1.54, 1.807) is 18.3 Å². The highest BCUT2D eigenvalue weighted by Crippen LogP contribution is 2.24. The van der Waals surface area contributed by atoms with Crippen molar-refractivity contribution in [3.8, 4) is 0 Å². The van der Waals surface area contributed by atoms with Gasteiger partial charge in [-0.2, -0.15) is 0 Å². The van der Waals surface area contributed by atoms with E-state index < -0.39 is 6.10 Å². The van der Waals surface area contributed by atoms with E-state index in [0.29, 0.717) is 18.5 Å². The Hall–Kier alpha value is -1.78. The van der Waals surface area contributed by atoms with Gasteiger partial charge in [0.2, 0.25) is 0 Å². The zero-order valence-electron chi connectivity index (χ0n) is 13.5. The van der Waals surface area contributed by atoms with Crippen LogP contribution in [-0.2, 0) is 13.0 Å². The van der Waals surface area contributed by atoms with E-state index in [0.717, 1.165) is 30.6 Å². The first-order chi connectivity index (χ1) is 11.1. The number of benzene rings is 1. The lowest BCUT2D eigenvalue weighted by Gasteiger charge is -2.39. The van der Waals surface area contributed by atoms with Crippen LogP contribution in [-0.4, -0.2) is 33.7 Å². The fraction of sp³-hybridized carbons (Fsp3) is 0.421. The van der Waals surface area contributed by atoms with E-state index in [1.807, 2.05) is 12.1 Å². The Balaban J connectivity index is 1.80. The van der Waals surface area contributed by atoms with Crippen LogP contribution in [0, 0.1) is 12.7 Å². The van der Waals surface area contributed by atoms with Crippen molar-refractivity contribution < 1.29 is 9.50 Å². The largest absolute Gasteiger partial charge is 0.391 e. The molecule has 23 heavy (non-hydrogen) atoms. The standard InChI is InChI=1S/C19H23FN2O/c1-14-6-4-10-21-17(14)13-22-11-5-9-19(23)18(22)12-15-7-2-3-8-16(15)20/h2-4,6-8,10,18-19,23H,5,9,11-13H2,1H3/t18-,19-/m0/s1. The molecule has 4 heteroatoms. The number of nitrogens with zero attached hydrogens (tertiary/aromatic N) is 2. The molecule has 0 saturated carbocycles. The molecule has 1 saturated heterocycles. The summed E-state index contributed by atoms with van der Waals surface area (Å²) in [5, 5.41) is 10.5. The van der Waals surface area contributed by atoms with Crippen LogP contribution in [0.3, 0.4) is 0 Å². The minimum Gasteiger partial charge on any atom is -0.391 e. The molecule has 2 atom stereocenters. The molecule has 1 fully saturated rings. The van der Waals surface area contributed by atoms with E-state index in [1.165, 1.54) is 6.07 Å². The van der Waals surface area contributed by atoms with E-state index in [9.17, 15) is 9.50 Å². The van der Waals surface area contributed by atoms with Crippen LogP contribution in [0.4, 0.5) is 4.39 Å². The lowest BCUT2D eigenvalue weighted by molar-refractivity contribution is 0.00572. The van der Waals surface area contributed by atoms with Crippen LogP contribution < -0.4 is 0 Å². The Kier molecular flexibility index (Phi) is 5.03. The monoisotopic (exact) mass is 314 g/mol. The van der Waals surface area contributed by atoms with Gasteiger partial charge in [-0.25, -0.2) is 4.39 Å². The van der Waals surface area contributed by atoms with Crippen molar-refractivity contribution in [3.05, 3.63) is 65.2 Å². The van der Waals surface area contributed by atoms with Crippen molar-refractivity contribution in [2.24, 2.45) is 0 Å². The highest BCUT2D eigenvalue weighted by atomic mass is 19.1. The zero-order valence-corrected chi connectivity index (χ0v) is 13.5. The van der Waals surface area contributed by atoms with Crippen LogP contribution in [0.25, 0.3) is 0 Å². The van der Waals surface area contributed by atoms with Crippen LogP contribution in [0.1, 0.15) is 29.7 Å². The molecular weight excluding hydrogens is 291 g/mol. The van der Waals surface area contributed by atoms with Gasteiger partial charge in [0.15, 0.2) is 0 Å². The summed E-state index contributed by atoms with van der Waals surface area (Å²) in [5.74, 6) is -0.195. The lowest BCUT2D eigenvalue weighted by Crippen LogP contribution is -2.49. The van der Waals surface area contributed by atoms with Gasteiger partial charge in [0.05, 0.1) is 11.8 Å². The summed E-state index contributed by atoms with van der Waals surface area (Å²) in [7, 11) is 0. The van der Waals surface area contributed by atoms with Gasteiger partial charge in [0, 0.05) is 18.8 Å². The number of hydrogen-bond donors (Lipinski definition) is 1. The number of pyridine rings is 1. The van der Waals surface area contributed by atoms with Gasteiger partial charge in [-0.1, -0.05) is 24.3 Å². The minimum atomic E-state index is -0.424. The third-order valence-corrected chi connectivity index (χ3v) is 4.72. The summed E-state index contributed by atoms with van der Waals surface area (Å²) in [6.45, 7) is 3.66. The Morgan fingerprint density at radius 2 is 2.09 bits per heavy atom. The second-order valence-corrected chi connectivity index (χ2v) is 6.31. The summed E-state index contributed by atoms with van der Waals surface area (Å²) in [6, 6.07) is 10.8. The Labute approximate surface area is 136 Å². The number of aliphatic hydroxyl groups is 1. The molecule has 3 rings (SSSR count). The first-order valence-electron chi connectivity index (χ1n) is 8.21. The van der Waals surface area contributed by atoms with E-state index in [4.69, 9.17) is 0 Å². The molecule has 0 radical (unpaired) electrons. The summed E-state index contributed by atoms with van der Waals surface area (Å²) in [6.07, 6.45) is 3.64. The molecule has 1 N–H and O–H groups in total. The third-order valence-electron chi connectivity index (χ3n) is 4.72. The van der Waals surface area contributed by atoms with Crippen LogP contribution in [0.15, 0.2) is 42.6 Å². The minimum absolute atomic E-state index is 0.0675. The number of aromatic nitrogens is 1. The van der Waals surface area contributed by atoms with E-state index in [2.05, 4.69) is 22.9 Å². The van der Waals surface area contributed by atoms with Gasteiger partial charge in [0.1, 0.15) is 5.82 Å². The van der Waals surface area contributed by atoms with Gasteiger partial charge >= 0.3 is 0 Å². The summed E-state index contributed by atoms with van der Waals surface area (Å²) in [5.41, 5.74) is 2.85. The first kappa shape index (κ1) is 16.1. The number of aryl methyl sites for hydroxylation is 1. The van der Waals surface area contributed by atoms with Crippen molar-refractivity contribution in [3.63, 3.8) is 0 Å². The van der Waals surface area contributed by atoms with Crippen LogP contribution in [0.2, 0.25) is 0 Å². The molecule has 0 bridgehead atoms. The van der Waals surface area contributed by atoms with Gasteiger partial charge < -0.3 is 5.11 Å². The number of piperidine rings is 1. The second-order valence-electron chi connectivity index (χ2n) is 6.31. The fourth-order valence-corrected chi connectivity index (χ4v) is 3.33. The normalized spacial score (nSPS) is 22.2. The van der Waals surface area contributed by atoms with Crippen LogP contribution >= 0.6 is 0 Å². The molecule has 0 amide bonds. The van der Waals surface area contributed by atoms with Crippen molar-refractivity contribution >= 4 is 0 Å². The summed E-state index contributed by atoms with van der Waals surface area (Å²) >= 11 is 0. The van der Waals surface area contributed by atoms with Gasteiger partial charge in [0.25, 0.3) is 0 Å². The van der Waals surface area contributed by atoms with Crippen LogP contribution in [0.5, 0.6) is 0 Å². The second kappa shape index (κ2) is 7.20. The molecule has 3 nitrogen and oxygen atoms in total. The number of hydrogen-bond acceptors (Lipinski definition) is 3. The Morgan fingerprint density at radius 1 is 1.26 bits per heavy atom. The molecule has 2 heterocycles. The van der Waals surface area contributed by atoms with Crippen molar-refractivity contribution in [2.45, 2.75) is 44.9 Å². The van der Waals surface area contributed by atoms with Crippen molar-refractivity contribution in [1.82, 2.24) is 9.88 Å². The topological polar surface area (TPSA) is 36.4 Å². The molecule has 1 aliphatic rings. The van der Waals surface area contributed by atoms with Gasteiger partial charge in [-0.15, -0.1) is 0 Å². The fourth-order valence-electron chi connectivity index (χ4n) is 3.33. The number of likely N-dealkylation sites (tertiary alicyclic amines) is 1. The number of rotatable bonds is 4. The first-order valence-corrected chi connectivity index (χ1v) is 8.21. The molecule has 0 unspecified atom stereocenters. The smallest absolute Gasteiger partial charge is 0.126 e. The summed E-state index contributed by atoms with van der Waals surface area (Å²) in [4.78, 5) is 6.71. The maximum Gasteiger partial charge on any atom is 0.126 e. The van der Waals surface area contributed by atoms with E-state index >= 15 is 0 Å². The predicted molar refractivity (Wildman–Crippen MR) is 88.5 cm³/mol. The molecule has 1 aromatic heterocycles. The maximum absolute atomic E-state index is 14.0. The molecule has 122 valence electrons. The number of halogens is 1. The Morgan fingerprint density at radius 3 is 2.87 bits per heavy atom. The summed E-state index contributed by atoms with van der Waals surface area (Å²) < 4.78 is 14.0. The average Bonchev–Trinajstić information content (AvgIpc) is 2.54. The quantitative estimate of drug-likeness (QED) is 0.942. The zero-order chi connectivity index (χ0) is 16.2.